The van der Waals surface area contributed by atoms with Crippen molar-refractivity contribution in [1.82, 2.24) is 14.8 Å². The van der Waals surface area contributed by atoms with Gasteiger partial charge in [0, 0.05) is 26.6 Å². The van der Waals surface area contributed by atoms with Crippen molar-refractivity contribution in [2.75, 3.05) is 10.6 Å². The Morgan fingerprint density at radius 3 is 2.59 bits per heavy atom. The number of fused-ring (bicyclic) bond motifs is 1. The summed E-state index contributed by atoms with van der Waals surface area (Å²) in [6, 6.07) is 21.2. The fourth-order valence-corrected chi connectivity index (χ4v) is 5.72. The SMILES string of the molecule is CC1=C(C(=O)Nc2ccc(C)cc2C)C(c2ccc(Br)cc2)n2nc(SCc3ccccc3Cl)nc2N1. The van der Waals surface area contributed by atoms with Gasteiger partial charge in [-0.05, 0) is 61.7 Å². The van der Waals surface area contributed by atoms with Crippen LogP contribution in [-0.2, 0) is 10.5 Å². The lowest BCUT2D eigenvalue weighted by Gasteiger charge is -2.29. The monoisotopic (exact) mass is 593 g/mol. The highest BCUT2D eigenvalue weighted by molar-refractivity contribution is 9.10. The molecule has 5 rings (SSSR count). The van der Waals surface area contributed by atoms with E-state index in [2.05, 4.69) is 32.6 Å². The molecule has 1 amide bonds. The summed E-state index contributed by atoms with van der Waals surface area (Å²) < 4.78 is 2.75. The fourth-order valence-electron chi connectivity index (χ4n) is 4.34. The van der Waals surface area contributed by atoms with Gasteiger partial charge in [0.1, 0.15) is 6.04 Å². The first-order chi connectivity index (χ1) is 17.8. The van der Waals surface area contributed by atoms with Crippen molar-refractivity contribution in [3.05, 3.63) is 110 Å². The lowest BCUT2D eigenvalue weighted by atomic mass is 9.95. The number of carbonyl (C=O) groups excluding carboxylic acids is 1. The molecule has 1 aliphatic heterocycles. The lowest BCUT2D eigenvalue weighted by Crippen LogP contribution is -2.31. The third-order valence-corrected chi connectivity index (χ3v) is 7.99. The van der Waals surface area contributed by atoms with Gasteiger partial charge < -0.3 is 10.6 Å². The second-order valence-electron chi connectivity index (χ2n) is 8.93. The molecular weight excluding hydrogens is 570 g/mol. The van der Waals surface area contributed by atoms with E-state index in [1.165, 1.54) is 11.8 Å². The molecule has 4 aromatic rings. The number of hydrogen-bond acceptors (Lipinski definition) is 5. The zero-order chi connectivity index (χ0) is 26.1. The van der Waals surface area contributed by atoms with Crippen molar-refractivity contribution in [2.45, 2.75) is 37.7 Å². The third-order valence-electron chi connectivity index (χ3n) is 6.21. The summed E-state index contributed by atoms with van der Waals surface area (Å²) in [5.41, 5.74) is 6.21. The Morgan fingerprint density at radius 2 is 1.86 bits per heavy atom. The molecular formula is C28H25BrClN5OS. The number of halogens is 2. The van der Waals surface area contributed by atoms with Crippen LogP contribution in [0.4, 0.5) is 11.6 Å². The molecule has 0 saturated heterocycles. The Bertz CT molecular complexity index is 1520. The molecule has 2 heterocycles. The molecule has 0 spiro atoms. The Hall–Kier alpha value is -3.07. The van der Waals surface area contributed by atoms with Crippen LogP contribution in [0.1, 0.15) is 35.2 Å². The highest BCUT2D eigenvalue weighted by Gasteiger charge is 2.34. The molecule has 188 valence electrons. The molecule has 0 aliphatic carbocycles. The number of aromatic nitrogens is 3. The number of aryl methyl sites for hydroxylation is 2. The van der Waals surface area contributed by atoms with Gasteiger partial charge in [0.25, 0.3) is 5.91 Å². The first-order valence-corrected chi connectivity index (χ1v) is 13.9. The van der Waals surface area contributed by atoms with E-state index in [1.54, 1.807) is 4.68 Å². The van der Waals surface area contributed by atoms with Crippen molar-refractivity contribution in [1.29, 1.82) is 0 Å². The molecule has 0 fully saturated rings. The van der Waals surface area contributed by atoms with Crippen LogP contribution in [0.25, 0.3) is 0 Å². The molecule has 3 aromatic carbocycles. The van der Waals surface area contributed by atoms with Crippen LogP contribution >= 0.6 is 39.3 Å². The molecule has 1 aliphatic rings. The molecule has 1 unspecified atom stereocenters. The predicted molar refractivity (Wildman–Crippen MR) is 154 cm³/mol. The average Bonchev–Trinajstić information content (AvgIpc) is 3.27. The summed E-state index contributed by atoms with van der Waals surface area (Å²) in [5, 5.41) is 12.5. The van der Waals surface area contributed by atoms with Crippen LogP contribution < -0.4 is 10.6 Å². The van der Waals surface area contributed by atoms with Crippen LogP contribution in [-0.4, -0.2) is 20.7 Å². The quantitative estimate of drug-likeness (QED) is 0.226. The summed E-state index contributed by atoms with van der Waals surface area (Å²) in [6.07, 6.45) is 0. The second-order valence-corrected chi connectivity index (χ2v) is 11.2. The molecule has 1 atom stereocenters. The molecule has 6 nitrogen and oxygen atoms in total. The molecule has 9 heteroatoms. The van der Waals surface area contributed by atoms with Crippen LogP contribution in [0, 0.1) is 13.8 Å². The van der Waals surface area contributed by atoms with Gasteiger partial charge in [0.05, 0.1) is 5.57 Å². The third kappa shape index (κ3) is 5.46. The first kappa shape index (κ1) is 25.6. The number of hydrogen-bond donors (Lipinski definition) is 2. The van der Waals surface area contributed by atoms with E-state index < -0.39 is 6.04 Å². The van der Waals surface area contributed by atoms with Crippen molar-refractivity contribution in [3.63, 3.8) is 0 Å². The van der Waals surface area contributed by atoms with Crippen LogP contribution in [0.5, 0.6) is 0 Å². The molecule has 0 radical (unpaired) electrons. The van der Waals surface area contributed by atoms with Gasteiger partial charge in [0.2, 0.25) is 11.1 Å². The average molecular weight is 595 g/mol. The largest absolute Gasteiger partial charge is 0.328 e. The van der Waals surface area contributed by atoms with Gasteiger partial charge >= 0.3 is 0 Å². The number of rotatable bonds is 6. The topological polar surface area (TPSA) is 71.8 Å². The van der Waals surface area contributed by atoms with E-state index in [0.29, 0.717) is 27.5 Å². The summed E-state index contributed by atoms with van der Waals surface area (Å²) in [7, 11) is 0. The van der Waals surface area contributed by atoms with Gasteiger partial charge in [-0.2, -0.15) is 4.98 Å². The first-order valence-electron chi connectivity index (χ1n) is 11.7. The Labute approximate surface area is 233 Å². The smallest absolute Gasteiger partial charge is 0.255 e. The number of nitrogens with one attached hydrogen (secondary N) is 2. The fraction of sp³-hybridized carbons (Fsp3) is 0.179. The van der Waals surface area contributed by atoms with Crippen molar-refractivity contribution >= 4 is 56.8 Å². The standard InChI is InChI=1S/C28H25BrClN5OS/c1-16-8-13-23(17(2)14-16)32-26(36)24-18(3)31-27-33-28(37-15-20-6-4-5-7-22(20)30)34-35(27)25(24)19-9-11-21(29)12-10-19/h4-14,25H,15H2,1-3H3,(H,32,36)(H,31,33,34). The minimum atomic E-state index is -0.447. The van der Waals surface area contributed by atoms with Gasteiger partial charge in [0.15, 0.2) is 0 Å². The number of amides is 1. The minimum Gasteiger partial charge on any atom is -0.328 e. The maximum Gasteiger partial charge on any atom is 0.255 e. The van der Waals surface area contributed by atoms with Gasteiger partial charge in [-0.15, -0.1) is 5.10 Å². The number of allylic oxidation sites excluding steroid dienone is 1. The predicted octanol–water partition coefficient (Wildman–Crippen LogP) is 7.53. The van der Waals surface area contributed by atoms with E-state index in [1.807, 2.05) is 81.4 Å². The van der Waals surface area contributed by atoms with E-state index in [-0.39, 0.29) is 5.91 Å². The number of anilines is 2. The summed E-state index contributed by atoms with van der Waals surface area (Å²) in [5.74, 6) is 1.05. The van der Waals surface area contributed by atoms with Crippen LogP contribution in [0.15, 0.2) is 87.6 Å². The maximum absolute atomic E-state index is 13.7. The van der Waals surface area contributed by atoms with E-state index in [9.17, 15) is 4.79 Å². The van der Waals surface area contributed by atoms with Crippen molar-refractivity contribution < 1.29 is 4.79 Å². The van der Waals surface area contributed by atoms with Crippen LogP contribution in [0.3, 0.4) is 0 Å². The number of carbonyl (C=O) groups is 1. The molecule has 0 saturated carbocycles. The van der Waals surface area contributed by atoms with Gasteiger partial charge in [-0.3, -0.25) is 4.79 Å². The van der Waals surface area contributed by atoms with E-state index in [4.69, 9.17) is 21.7 Å². The summed E-state index contributed by atoms with van der Waals surface area (Å²) in [4.78, 5) is 18.5. The Balaban J connectivity index is 1.50. The molecule has 0 bridgehead atoms. The zero-order valence-electron chi connectivity index (χ0n) is 20.5. The Kier molecular flexibility index (Phi) is 7.42. The lowest BCUT2D eigenvalue weighted by molar-refractivity contribution is -0.113. The van der Waals surface area contributed by atoms with Gasteiger partial charge in [-0.1, -0.05) is 87.3 Å². The van der Waals surface area contributed by atoms with E-state index in [0.717, 1.165) is 38.1 Å². The molecule has 1 aromatic heterocycles. The summed E-state index contributed by atoms with van der Waals surface area (Å²) in [6.45, 7) is 5.93. The summed E-state index contributed by atoms with van der Waals surface area (Å²) >= 11 is 11.4. The minimum absolute atomic E-state index is 0.184. The molecule has 37 heavy (non-hydrogen) atoms. The highest BCUT2D eigenvalue weighted by atomic mass is 79.9. The Morgan fingerprint density at radius 1 is 1.11 bits per heavy atom. The zero-order valence-corrected chi connectivity index (χ0v) is 23.7. The van der Waals surface area contributed by atoms with Crippen molar-refractivity contribution in [2.24, 2.45) is 0 Å². The normalized spacial score (nSPS) is 14.8. The number of benzene rings is 3. The second kappa shape index (κ2) is 10.7. The van der Waals surface area contributed by atoms with Gasteiger partial charge in [-0.25, -0.2) is 4.68 Å². The maximum atomic E-state index is 13.7. The highest BCUT2D eigenvalue weighted by Crippen LogP contribution is 2.38. The van der Waals surface area contributed by atoms with Crippen LogP contribution in [0.2, 0.25) is 5.02 Å². The number of nitrogens with zero attached hydrogens (tertiary/aromatic N) is 3. The van der Waals surface area contributed by atoms with E-state index >= 15 is 0 Å². The molecule has 2 N–H and O–H groups in total. The number of thioether (sulfide) groups is 1. The van der Waals surface area contributed by atoms with Crippen molar-refractivity contribution in [3.8, 4) is 0 Å².